The first-order valence-electron chi connectivity index (χ1n) is 6.10. The Morgan fingerprint density at radius 3 is 2.36 bits per heavy atom. The molecule has 0 heterocycles. The van der Waals surface area contributed by atoms with Gasteiger partial charge in [-0.2, -0.15) is 0 Å². The molecular weight excluding hydrogens is 374 g/mol. The minimum Gasteiger partial charge on any atom is -0.482 e. The number of carbonyl (C=O) groups is 1. The quantitative estimate of drug-likeness (QED) is 0.797. The number of ether oxygens (including phenoxy) is 1. The molecule has 6 nitrogen and oxygen atoms in total. The first kappa shape index (κ1) is 16.3. The molecule has 0 radical (unpaired) electrons. The van der Waals surface area contributed by atoms with E-state index in [1.807, 2.05) is 0 Å². The van der Waals surface area contributed by atoms with Crippen LogP contribution in [-0.4, -0.2) is 26.1 Å². The molecule has 116 valence electrons. The number of carboxylic acid groups (broad SMARTS) is 1. The van der Waals surface area contributed by atoms with Gasteiger partial charge in [-0.1, -0.05) is 12.1 Å². The van der Waals surface area contributed by atoms with Crippen LogP contribution >= 0.6 is 15.9 Å². The molecule has 0 aliphatic carbocycles. The van der Waals surface area contributed by atoms with Crippen LogP contribution in [0.15, 0.2) is 57.9 Å². The Labute approximate surface area is 135 Å². The molecule has 0 aliphatic heterocycles. The Hall–Kier alpha value is -2.06. The van der Waals surface area contributed by atoms with Crippen LogP contribution in [0.4, 0.5) is 5.69 Å². The van der Waals surface area contributed by atoms with Gasteiger partial charge in [0.25, 0.3) is 10.0 Å². The number of sulfonamides is 1. The summed E-state index contributed by atoms with van der Waals surface area (Å²) < 4.78 is 32.4. The van der Waals surface area contributed by atoms with Crippen molar-refractivity contribution in [3.05, 3.63) is 53.0 Å². The van der Waals surface area contributed by atoms with Gasteiger partial charge in [-0.3, -0.25) is 4.72 Å². The number of nitrogens with one attached hydrogen (secondary N) is 1. The standard InChI is InChI=1S/C14H12BrNO5S/c15-12-3-1-2-4-13(12)22(19,20)16-10-5-7-11(8-6-10)21-9-14(17)18/h1-8,16H,9H2,(H,17,18). The van der Waals surface area contributed by atoms with E-state index < -0.39 is 22.6 Å². The summed E-state index contributed by atoms with van der Waals surface area (Å²) in [4.78, 5) is 10.5. The van der Waals surface area contributed by atoms with Crippen molar-refractivity contribution in [1.82, 2.24) is 0 Å². The van der Waals surface area contributed by atoms with Crippen molar-refractivity contribution in [2.75, 3.05) is 11.3 Å². The van der Waals surface area contributed by atoms with Crippen molar-refractivity contribution in [2.45, 2.75) is 4.90 Å². The van der Waals surface area contributed by atoms with Crippen molar-refractivity contribution in [3.8, 4) is 5.75 Å². The highest BCUT2D eigenvalue weighted by molar-refractivity contribution is 9.10. The first-order valence-corrected chi connectivity index (χ1v) is 8.38. The lowest BCUT2D eigenvalue weighted by atomic mass is 10.3. The molecule has 0 spiro atoms. The van der Waals surface area contributed by atoms with Gasteiger partial charge in [0, 0.05) is 10.2 Å². The third kappa shape index (κ3) is 4.22. The van der Waals surface area contributed by atoms with E-state index in [1.54, 1.807) is 18.2 Å². The molecule has 2 rings (SSSR count). The number of hydrogen-bond acceptors (Lipinski definition) is 4. The second kappa shape index (κ2) is 6.80. The highest BCUT2D eigenvalue weighted by Gasteiger charge is 2.17. The normalized spacial score (nSPS) is 11.0. The minimum absolute atomic E-state index is 0.126. The Morgan fingerprint density at radius 1 is 1.14 bits per heavy atom. The summed E-state index contributed by atoms with van der Waals surface area (Å²) in [5, 5.41) is 8.51. The van der Waals surface area contributed by atoms with Gasteiger partial charge >= 0.3 is 5.97 Å². The topological polar surface area (TPSA) is 92.7 Å². The molecule has 0 fully saturated rings. The van der Waals surface area contributed by atoms with Gasteiger partial charge in [0.1, 0.15) is 10.6 Å². The maximum Gasteiger partial charge on any atom is 0.341 e. The summed E-state index contributed by atoms with van der Waals surface area (Å²) in [5.41, 5.74) is 0.346. The number of benzene rings is 2. The van der Waals surface area contributed by atoms with E-state index >= 15 is 0 Å². The SMILES string of the molecule is O=C(O)COc1ccc(NS(=O)(=O)c2ccccc2Br)cc1. The summed E-state index contributed by atoms with van der Waals surface area (Å²) in [6, 6.07) is 12.4. The van der Waals surface area contributed by atoms with E-state index in [1.165, 1.54) is 30.3 Å². The molecule has 0 bridgehead atoms. The Kier molecular flexibility index (Phi) is 5.04. The molecule has 0 saturated heterocycles. The summed E-state index contributed by atoms with van der Waals surface area (Å²) in [6.45, 7) is -0.456. The number of carboxylic acids is 1. The summed E-state index contributed by atoms with van der Waals surface area (Å²) >= 11 is 3.20. The maximum absolute atomic E-state index is 12.3. The molecule has 0 atom stereocenters. The monoisotopic (exact) mass is 385 g/mol. The third-order valence-electron chi connectivity index (χ3n) is 2.60. The van der Waals surface area contributed by atoms with Gasteiger partial charge in [0.15, 0.2) is 6.61 Å². The van der Waals surface area contributed by atoms with E-state index in [4.69, 9.17) is 9.84 Å². The van der Waals surface area contributed by atoms with Crippen molar-refractivity contribution in [1.29, 1.82) is 0 Å². The summed E-state index contributed by atoms with van der Waals surface area (Å²) in [5.74, 6) is -0.745. The van der Waals surface area contributed by atoms with Crippen LogP contribution in [0.1, 0.15) is 0 Å². The van der Waals surface area contributed by atoms with Crippen molar-refractivity contribution in [3.63, 3.8) is 0 Å². The van der Waals surface area contributed by atoms with Crippen molar-refractivity contribution in [2.24, 2.45) is 0 Å². The molecular formula is C14H12BrNO5S. The molecule has 0 unspecified atom stereocenters. The fraction of sp³-hybridized carbons (Fsp3) is 0.0714. The van der Waals surface area contributed by atoms with Crippen LogP contribution in [0.3, 0.4) is 0 Å². The Balaban J connectivity index is 2.13. The highest BCUT2D eigenvalue weighted by atomic mass is 79.9. The zero-order chi connectivity index (χ0) is 16.2. The smallest absolute Gasteiger partial charge is 0.341 e. The number of aliphatic carboxylic acids is 1. The van der Waals surface area contributed by atoms with Crippen LogP contribution < -0.4 is 9.46 Å². The van der Waals surface area contributed by atoms with E-state index in [0.29, 0.717) is 15.9 Å². The van der Waals surface area contributed by atoms with Crippen molar-refractivity contribution >= 4 is 37.6 Å². The highest BCUT2D eigenvalue weighted by Crippen LogP contribution is 2.24. The number of halogens is 1. The van der Waals surface area contributed by atoms with E-state index in [9.17, 15) is 13.2 Å². The Bertz CT molecular complexity index is 774. The van der Waals surface area contributed by atoms with Crippen LogP contribution in [0, 0.1) is 0 Å². The predicted octanol–water partition coefficient (Wildman–Crippen LogP) is 2.71. The van der Waals surface area contributed by atoms with Crippen LogP contribution in [-0.2, 0) is 14.8 Å². The number of anilines is 1. The van der Waals surface area contributed by atoms with Gasteiger partial charge in [0.05, 0.1) is 0 Å². The molecule has 0 saturated carbocycles. The van der Waals surface area contributed by atoms with E-state index in [2.05, 4.69) is 20.7 Å². The minimum atomic E-state index is -3.71. The average molecular weight is 386 g/mol. The molecule has 8 heteroatoms. The van der Waals surface area contributed by atoms with Gasteiger partial charge in [-0.25, -0.2) is 13.2 Å². The lowest BCUT2D eigenvalue weighted by Crippen LogP contribution is -2.13. The fourth-order valence-electron chi connectivity index (χ4n) is 1.64. The van der Waals surface area contributed by atoms with Crippen molar-refractivity contribution < 1.29 is 23.1 Å². The second-order valence-corrected chi connectivity index (χ2v) is 6.75. The number of hydrogen-bond donors (Lipinski definition) is 2. The average Bonchev–Trinajstić information content (AvgIpc) is 2.46. The van der Waals surface area contributed by atoms with E-state index in [0.717, 1.165) is 0 Å². The Morgan fingerprint density at radius 2 is 1.77 bits per heavy atom. The van der Waals surface area contributed by atoms with Crippen LogP contribution in [0.25, 0.3) is 0 Å². The first-order chi connectivity index (χ1) is 10.4. The molecule has 0 aromatic heterocycles. The molecule has 0 aliphatic rings. The van der Waals surface area contributed by atoms with Crippen LogP contribution in [0.2, 0.25) is 0 Å². The molecule has 22 heavy (non-hydrogen) atoms. The second-order valence-electron chi connectivity index (χ2n) is 4.24. The fourth-order valence-corrected chi connectivity index (χ4v) is 3.70. The maximum atomic E-state index is 12.3. The lowest BCUT2D eigenvalue weighted by molar-refractivity contribution is -0.139. The molecule has 2 N–H and O–H groups in total. The third-order valence-corrected chi connectivity index (χ3v) is 4.99. The lowest BCUT2D eigenvalue weighted by Gasteiger charge is -2.10. The van der Waals surface area contributed by atoms with Gasteiger partial charge in [0.2, 0.25) is 0 Å². The zero-order valence-electron chi connectivity index (χ0n) is 11.2. The predicted molar refractivity (Wildman–Crippen MR) is 84.5 cm³/mol. The van der Waals surface area contributed by atoms with E-state index in [-0.39, 0.29) is 4.90 Å². The summed E-state index contributed by atoms with van der Waals surface area (Å²) in [7, 11) is -3.71. The zero-order valence-corrected chi connectivity index (χ0v) is 13.6. The van der Waals surface area contributed by atoms with Gasteiger partial charge in [-0.05, 0) is 52.3 Å². The number of rotatable bonds is 6. The largest absolute Gasteiger partial charge is 0.482 e. The van der Waals surface area contributed by atoms with Crippen LogP contribution in [0.5, 0.6) is 5.75 Å². The molecule has 2 aromatic rings. The summed E-state index contributed by atoms with van der Waals surface area (Å²) in [6.07, 6.45) is 0. The van der Waals surface area contributed by atoms with Gasteiger partial charge in [-0.15, -0.1) is 0 Å². The molecule has 2 aromatic carbocycles. The molecule has 0 amide bonds. The van der Waals surface area contributed by atoms with Gasteiger partial charge < -0.3 is 9.84 Å².